The van der Waals surface area contributed by atoms with Crippen molar-refractivity contribution in [3.63, 3.8) is 0 Å². The Hall–Kier alpha value is -2.80. The molecule has 0 spiro atoms. The first-order valence-corrected chi connectivity index (χ1v) is 8.67. The maximum Gasteiger partial charge on any atom is 0.240 e. The van der Waals surface area contributed by atoms with Crippen LogP contribution in [-0.2, 0) is 17.8 Å². The zero-order chi connectivity index (χ0) is 18.5. The Balaban J connectivity index is 1.63. The van der Waals surface area contributed by atoms with Crippen LogP contribution in [0.1, 0.15) is 11.1 Å². The van der Waals surface area contributed by atoms with Gasteiger partial charge in [-0.3, -0.25) is 14.5 Å². The van der Waals surface area contributed by atoms with Crippen molar-refractivity contribution in [1.82, 2.24) is 20.1 Å². The SMILES string of the molecule is Cc1ccc(-c2n[nH]c(=S)n2CC(=O)NCCc2cccc(F)c2)cc1. The van der Waals surface area contributed by atoms with Gasteiger partial charge in [-0.25, -0.2) is 4.39 Å². The highest BCUT2D eigenvalue weighted by Crippen LogP contribution is 2.17. The molecule has 0 saturated heterocycles. The van der Waals surface area contributed by atoms with E-state index < -0.39 is 0 Å². The third-order valence-electron chi connectivity index (χ3n) is 3.99. The van der Waals surface area contributed by atoms with E-state index in [0.29, 0.717) is 23.6 Å². The number of hydrogen-bond acceptors (Lipinski definition) is 3. The topological polar surface area (TPSA) is 62.7 Å². The second-order valence-electron chi connectivity index (χ2n) is 6.03. The van der Waals surface area contributed by atoms with Gasteiger partial charge in [-0.2, -0.15) is 5.10 Å². The molecule has 26 heavy (non-hydrogen) atoms. The van der Waals surface area contributed by atoms with E-state index in [1.54, 1.807) is 10.6 Å². The fraction of sp³-hybridized carbons (Fsp3) is 0.211. The van der Waals surface area contributed by atoms with Crippen molar-refractivity contribution in [3.8, 4) is 11.4 Å². The number of amides is 1. The Morgan fingerprint density at radius 2 is 2.04 bits per heavy atom. The van der Waals surface area contributed by atoms with Crippen LogP contribution in [-0.4, -0.2) is 27.2 Å². The normalized spacial score (nSPS) is 10.7. The number of aryl methyl sites for hydroxylation is 1. The Kier molecular flexibility index (Phi) is 5.58. The molecule has 7 heteroatoms. The van der Waals surface area contributed by atoms with Crippen LogP contribution in [0.15, 0.2) is 48.5 Å². The molecule has 0 fully saturated rings. The van der Waals surface area contributed by atoms with Crippen LogP contribution in [0, 0.1) is 17.5 Å². The molecule has 134 valence electrons. The van der Waals surface area contributed by atoms with Crippen LogP contribution in [0.5, 0.6) is 0 Å². The molecule has 1 heterocycles. The predicted octanol–water partition coefficient (Wildman–Crippen LogP) is 3.41. The second kappa shape index (κ2) is 8.05. The average molecular weight is 370 g/mol. The van der Waals surface area contributed by atoms with Gasteiger partial charge in [0.2, 0.25) is 5.91 Å². The van der Waals surface area contributed by atoms with E-state index in [0.717, 1.165) is 16.7 Å². The fourth-order valence-corrected chi connectivity index (χ4v) is 2.82. The summed E-state index contributed by atoms with van der Waals surface area (Å²) in [6.07, 6.45) is 0.561. The molecule has 3 rings (SSSR count). The van der Waals surface area contributed by atoms with Crippen LogP contribution in [0.4, 0.5) is 4.39 Å². The summed E-state index contributed by atoms with van der Waals surface area (Å²) in [6, 6.07) is 14.2. The Labute approximate surface area is 155 Å². The van der Waals surface area contributed by atoms with Crippen molar-refractivity contribution in [2.45, 2.75) is 19.9 Å². The Bertz CT molecular complexity index is 962. The summed E-state index contributed by atoms with van der Waals surface area (Å²) in [5, 5.41) is 9.80. The molecular weight excluding hydrogens is 351 g/mol. The number of aromatic nitrogens is 3. The van der Waals surface area contributed by atoms with Gasteiger partial charge >= 0.3 is 0 Å². The van der Waals surface area contributed by atoms with E-state index in [-0.39, 0.29) is 18.3 Å². The molecule has 0 aliphatic carbocycles. The van der Waals surface area contributed by atoms with E-state index >= 15 is 0 Å². The van der Waals surface area contributed by atoms with Gasteiger partial charge in [0.25, 0.3) is 0 Å². The third kappa shape index (κ3) is 4.43. The van der Waals surface area contributed by atoms with Gasteiger partial charge in [0.15, 0.2) is 10.6 Å². The monoisotopic (exact) mass is 370 g/mol. The summed E-state index contributed by atoms with van der Waals surface area (Å²) in [5.74, 6) is 0.170. The molecule has 0 atom stereocenters. The molecule has 1 aromatic heterocycles. The molecule has 1 amide bonds. The van der Waals surface area contributed by atoms with Crippen molar-refractivity contribution in [3.05, 3.63) is 70.2 Å². The third-order valence-corrected chi connectivity index (χ3v) is 4.31. The number of carbonyl (C=O) groups is 1. The first-order chi connectivity index (χ1) is 12.5. The lowest BCUT2D eigenvalue weighted by atomic mass is 10.1. The summed E-state index contributed by atoms with van der Waals surface area (Å²) in [4.78, 5) is 12.3. The molecule has 0 aliphatic heterocycles. The number of carbonyl (C=O) groups excluding carboxylic acids is 1. The molecular formula is C19H19FN4OS. The molecule has 0 unspecified atom stereocenters. The lowest BCUT2D eigenvalue weighted by Gasteiger charge is -2.09. The molecule has 0 saturated carbocycles. The minimum absolute atomic E-state index is 0.0711. The number of nitrogens with zero attached hydrogens (tertiary/aromatic N) is 2. The predicted molar refractivity (Wildman–Crippen MR) is 101 cm³/mol. The molecule has 2 aromatic carbocycles. The largest absolute Gasteiger partial charge is 0.354 e. The van der Waals surface area contributed by atoms with Crippen LogP contribution >= 0.6 is 12.2 Å². The zero-order valence-corrected chi connectivity index (χ0v) is 15.1. The van der Waals surface area contributed by atoms with Gasteiger partial charge in [-0.05, 0) is 43.3 Å². The second-order valence-corrected chi connectivity index (χ2v) is 6.42. The summed E-state index contributed by atoms with van der Waals surface area (Å²) in [7, 11) is 0. The van der Waals surface area contributed by atoms with Gasteiger partial charge in [-0.1, -0.05) is 42.0 Å². The van der Waals surface area contributed by atoms with E-state index in [1.807, 2.05) is 37.3 Å². The maximum absolute atomic E-state index is 13.2. The van der Waals surface area contributed by atoms with Crippen molar-refractivity contribution in [2.75, 3.05) is 6.54 Å². The maximum atomic E-state index is 13.2. The smallest absolute Gasteiger partial charge is 0.240 e. The van der Waals surface area contributed by atoms with Crippen molar-refractivity contribution in [1.29, 1.82) is 0 Å². The lowest BCUT2D eigenvalue weighted by molar-refractivity contribution is -0.121. The number of halogens is 1. The molecule has 2 N–H and O–H groups in total. The number of hydrogen-bond donors (Lipinski definition) is 2. The minimum atomic E-state index is -0.277. The highest BCUT2D eigenvalue weighted by atomic mass is 32.1. The molecule has 0 bridgehead atoms. The number of aromatic amines is 1. The van der Waals surface area contributed by atoms with E-state index in [2.05, 4.69) is 15.5 Å². The fourth-order valence-electron chi connectivity index (χ4n) is 2.63. The van der Waals surface area contributed by atoms with Crippen molar-refractivity contribution < 1.29 is 9.18 Å². The quantitative estimate of drug-likeness (QED) is 0.654. The van der Waals surface area contributed by atoms with E-state index in [9.17, 15) is 9.18 Å². The van der Waals surface area contributed by atoms with Gasteiger partial charge in [0, 0.05) is 12.1 Å². The highest BCUT2D eigenvalue weighted by Gasteiger charge is 2.12. The van der Waals surface area contributed by atoms with E-state index in [4.69, 9.17) is 12.2 Å². The van der Waals surface area contributed by atoms with E-state index in [1.165, 1.54) is 12.1 Å². The minimum Gasteiger partial charge on any atom is -0.354 e. The number of rotatable bonds is 6. The lowest BCUT2D eigenvalue weighted by Crippen LogP contribution is -2.29. The van der Waals surface area contributed by atoms with Crippen LogP contribution in [0.3, 0.4) is 0 Å². The number of benzene rings is 2. The highest BCUT2D eigenvalue weighted by molar-refractivity contribution is 7.71. The average Bonchev–Trinajstić information content (AvgIpc) is 2.96. The van der Waals surface area contributed by atoms with Crippen LogP contribution in [0.2, 0.25) is 0 Å². The van der Waals surface area contributed by atoms with Crippen molar-refractivity contribution in [2.24, 2.45) is 0 Å². The zero-order valence-electron chi connectivity index (χ0n) is 14.3. The van der Waals surface area contributed by atoms with Crippen LogP contribution < -0.4 is 5.32 Å². The van der Waals surface area contributed by atoms with Crippen LogP contribution in [0.25, 0.3) is 11.4 Å². The van der Waals surface area contributed by atoms with Crippen molar-refractivity contribution >= 4 is 18.1 Å². The number of H-pyrrole nitrogens is 1. The van der Waals surface area contributed by atoms with Gasteiger partial charge in [0.1, 0.15) is 12.4 Å². The molecule has 0 aliphatic rings. The van der Waals surface area contributed by atoms with Gasteiger partial charge in [0.05, 0.1) is 0 Å². The standard InChI is InChI=1S/C19H19FN4OS/c1-13-5-7-15(8-6-13)18-22-23-19(26)24(18)12-17(25)21-10-9-14-3-2-4-16(20)11-14/h2-8,11H,9-10,12H2,1H3,(H,21,25)(H,23,26). The van der Waals surface area contributed by atoms with Gasteiger partial charge < -0.3 is 5.32 Å². The summed E-state index contributed by atoms with van der Waals surface area (Å²) < 4.78 is 15.2. The van der Waals surface area contributed by atoms with Gasteiger partial charge in [-0.15, -0.1) is 0 Å². The molecule has 5 nitrogen and oxygen atoms in total. The molecule has 0 radical (unpaired) electrons. The first kappa shape index (κ1) is 18.0. The molecule has 3 aromatic rings. The number of nitrogens with one attached hydrogen (secondary N) is 2. The summed E-state index contributed by atoms with van der Waals surface area (Å²) in [5.41, 5.74) is 2.87. The Morgan fingerprint density at radius 3 is 2.77 bits per heavy atom. The Morgan fingerprint density at radius 1 is 1.27 bits per heavy atom. The first-order valence-electron chi connectivity index (χ1n) is 8.26. The summed E-state index contributed by atoms with van der Waals surface area (Å²) in [6.45, 7) is 2.50. The summed E-state index contributed by atoms with van der Waals surface area (Å²) >= 11 is 5.24.